The average Bonchev–Trinajstić information content (AvgIpc) is 1.19. The molecule has 2 aliphatic heterocycles. The zero-order valence-electron chi connectivity index (χ0n) is 80.2. The fourth-order valence-corrected chi connectivity index (χ4v) is 18.2. The van der Waals surface area contributed by atoms with Crippen molar-refractivity contribution < 1.29 is 15.4 Å². The molecule has 1 unspecified atom stereocenters. The summed E-state index contributed by atoms with van der Waals surface area (Å²) < 4.78 is 90.5. The van der Waals surface area contributed by atoms with Crippen molar-refractivity contribution in [2.24, 2.45) is 0 Å². The molecule has 14 aromatic carbocycles. The lowest BCUT2D eigenvalue weighted by Crippen LogP contribution is -2.29. The number of fused-ring (bicyclic) bond motifs is 13. The zero-order valence-corrected chi connectivity index (χ0v) is 72.2. The molecule has 118 heavy (non-hydrogen) atoms. The van der Waals surface area contributed by atoms with E-state index in [4.69, 9.17) is 4.42 Å². The first-order chi connectivity index (χ1) is 59.2. The molecular weight excluding hydrogens is 1430 g/mol. The molecule has 0 aliphatic carbocycles. The standard InChI is InChI=1S/C113H110N4O/c1-107(2,3)76-35-29-34-69(53-76)73-52-72(68-32-23-22-24-33-68)58-83(59-73)115-99-60-70(74-54-79(110(10,11)12)62-80(55-74)111(13,14)15)44-48-89(99)103-90-49-45-71(75-56-81(112(16,17)18)63-82(57-75)113(19,20)21)61-100(90)117(102-67-84(66-101(115)104(102)103)114-93-40-27-25-36-85(93)86-37-26-28-41-94(86)114)98-43-31-39-88-87-38-30-42-97(105(87)118-106(88)98)116-95-50-46-77(108(4,5)6)64-91(95)92-65-78(109(7,8)9)47-51-96(92)116/h22-67,103H,1-21H3/i25D,26D,27D,28D,36D,37D,40D,41D. The second-order valence-corrected chi connectivity index (χ2v) is 40.6. The summed E-state index contributed by atoms with van der Waals surface area (Å²) >= 11 is 0. The van der Waals surface area contributed by atoms with Gasteiger partial charge in [0.2, 0.25) is 0 Å². The van der Waals surface area contributed by atoms with Crippen LogP contribution in [0, 0.1) is 0 Å². The van der Waals surface area contributed by atoms with Crippen LogP contribution in [0.1, 0.15) is 218 Å². The SMILES string of the molecule is [2H]c1c([2H])c([2H])c2c(c1[2H])c1c([2H])c([2H])c([2H])c([2H])c1n2-c1cc2c3c(c1)N(c1cccc4c1oc1c(-n5c6ccc(C(C)(C)C)cc6c6cc(C(C)(C)C)ccc65)cccc14)c1cc(-c4cc(C(C)(C)C)cc(C(C)(C)C)c4)ccc1C3c1ccc(-c3cc(C(C)(C)C)cc(C(C)(C)C)c3)cc1N2c1cc(-c2ccccc2)cc(-c2cccc(C(C)(C)C)c2)c1. The third kappa shape index (κ3) is 12.8. The van der Waals surface area contributed by atoms with Crippen molar-refractivity contribution in [3.8, 4) is 55.9 Å². The summed E-state index contributed by atoms with van der Waals surface area (Å²) in [6.07, 6.45) is 0. The summed E-state index contributed by atoms with van der Waals surface area (Å²) in [7, 11) is 0. The van der Waals surface area contributed by atoms with Gasteiger partial charge >= 0.3 is 0 Å². The quantitative estimate of drug-likeness (QED) is 0.152. The predicted molar refractivity (Wildman–Crippen MR) is 505 cm³/mol. The molecule has 3 aromatic heterocycles. The van der Waals surface area contributed by atoms with Gasteiger partial charge in [-0.2, -0.15) is 0 Å². The van der Waals surface area contributed by atoms with Crippen molar-refractivity contribution in [2.45, 2.75) is 189 Å². The molecule has 5 heterocycles. The Morgan fingerprint density at radius 2 is 0.644 bits per heavy atom. The fraction of sp³-hybridized carbons (Fsp3) is 0.257. The Kier molecular flexibility index (Phi) is 15.3. The monoisotopic (exact) mass is 1550 g/mol. The van der Waals surface area contributed by atoms with Crippen molar-refractivity contribution in [1.29, 1.82) is 0 Å². The highest BCUT2D eigenvalue weighted by Crippen LogP contribution is 2.64. The molecule has 19 rings (SSSR count). The second-order valence-electron chi connectivity index (χ2n) is 40.6. The topological polar surface area (TPSA) is 29.5 Å². The summed E-state index contributed by atoms with van der Waals surface area (Å²) in [5, 5.41) is 4.08. The third-order valence-corrected chi connectivity index (χ3v) is 25.2. The maximum Gasteiger partial charge on any atom is 0.159 e. The van der Waals surface area contributed by atoms with Crippen LogP contribution in [-0.4, -0.2) is 9.13 Å². The third-order valence-electron chi connectivity index (χ3n) is 25.2. The van der Waals surface area contributed by atoms with Gasteiger partial charge in [0, 0.05) is 49.5 Å². The Morgan fingerprint density at radius 3 is 1.14 bits per heavy atom. The Bertz CT molecular complexity index is 7280. The molecule has 17 aromatic rings. The van der Waals surface area contributed by atoms with Crippen molar-refractivity contribution >= 4 is 99.7 Å². The molecule has 0 amide bonds. The van der Waals surface area contributed by atoms with Gasteiger partial charge in [0.15, 0.2) is 11.2 Å². The van der Waals surface area contributed by atoms with Crippen LogP contribution in [0.5, 0.6) is 0 Å². The fourth-order valence-electron chi connectivity index (χ4n) is 18.2. The minimum atomic E-state index is -0.524. The predicted octanol–water partition coefficient (Wildman–Crippen LogP) is 32.3. The van der Waals surface area contributed by atoms with E-state index < -0.39 is 54.3 Å². The Labute approximate surface area is 709 Å². The van der Waals surface area contributed by atoms with Crippen LogP contribution in [0.15, 0.2) is 283 Å². The summed E-state index contributed by atoms with van der Waals surface area (Å²) in [5.41, 5.74) is 27.7. The number of benzene rings is 14. The minimum Gasteiger partial charge on any atom is -0.452 e. The molecule has 5 heteroatoms. The van der Waals surface area contributed by atoms with Crippen LogP contribution in [0.3, 0.4) is 0 Å². The second kappa shape index (κ2) is 26.8. The van der Waals surface area contributed by atoms with E-state index in [9.17, 15) is 11.0 Å². The number of aromatic nitrogens is 2. The highest BCUT2D eigenvalue weighted by atomic mass is 16.3. The van der Waals surface area contributed by atoms with Gasteiger partial charge in [0.25, 0.3) is 0 Å². The summed E-state index contributed by atoms with van der Waals surface area (Å²) in [6.45, 7) is 47.8. The largest absolute Gasteiger partial charge is 0.452 e. The molecule has 5 nitrogen and oxygen atoms in total. The van der Waals surface area contributed by atoms with E-state index in [1.807, 2.05) is 0 Å². The highest BCUT2D eigenvalue weighted by molar-refractivity contribution is 6.16. The van der Waals surface area contributed by atoms with Gasteiger partial charge in [0.05, 0.1) is 72.8 Å². The van der Waals surface area contributed by atoms with E-state index in [0.29, 0.717) is 22.5 Å². The number of nitrogens with zero attached hydrogens (tertiary/aromatic N) is 4. The van der Waals surface area contributed by atoms with Gasteiger partial charge in [-0.1, -0.05) is 333 Å². The van der Waals surface area contributed by atoms with Crippen LogP contribution in [0.25, 0.3) is 121 Å². The molecule has 0 bridgehead atoms. The average molecular weight is 1550 g/mol. The lowest BCUT2D eigenvalue weighted by atomic mass is 9.74. The molecule has 0 spiro atoms. The maximum atomic E-state index is 10.3. The Morgan fingerprint density at radius 1 is 0.246 bits per heavy atom. The van der Waals surface area contributed by atoms with Gasteiger partial charge in [0.1, 0.15) is 0 Å². The van der Waals surface area contributed by atoms with Crippen molar-refractivity contribution in [2.75, 3.05) is 9.80 Å². The molecular formula is C113H110N4O. The summed E-state index contributed by atoms with van der Waals surface area (Å²) in [5.74, 6) is -0.524. The summed E-state index contributed by atoms with van der Waals surface area (Å²) in [4.78, 5) is 4.78. The van der Waals surface area contributed by atoms with Crippen molar-refractivity contribution in [1.82, 2.24) is 9.13 Å². The van der Waals surface area contributed by atoms with Gasteiger partial charge < -0.3 is 23.4 Å². The summed E-state index contributed by atoms with van der Waals surface area (Å²) in [6, 6.07) is 82.0. The Hall–Kier alpha value is -11.9. The maximum absolute atomic E-state index is 10.3. The van der Waals surface area contributed by atoms with Crippen LogP contribution in [0.2, 0.25) is 0 Å². The zero-order chi connectivity index (χ0) is 89.5. The number of furan rings is 1. The first kappa shape index (κ1) is 67.1. The van der Waals surface area contributed by atoms with E-state index in [2.05, 4.69) is 390 Å². The van der Waals surface area contributed by atoms with Crippen molar-refractivity contribution in [3.05, 3.63) is 334 Å². The molecule has 588 valence electrons. The van der Waals surface area contributed by atoms with Crippen LogP contribution in [-0.2, 0) is 37.9 Å². The number of para-hydroxylation sites is 4. The lowest BCUT2D eigenvalue weighted by Gasteiger charge is -2.45. The first-order valence-corrected chi connectivity index (χ1v) is 42.0. The van der Waals surface area contributed by atoms with Crippen LogP contribution < -0.4 is 9.80 Å². The van der Waals surface area contributed by atoms with E-state index in [0.717, 1.165) is 128 Å². The van der Waals surface area contributed by atoms with E-state index in [-0.39, 0.29) is 59.7 Å². The Balaban J connectivity index is 1.00. The van der Waals surface area contributed by atoms with Gasteiger partial charge in [-0.3, -0.25) is 0 Å². The van der Waals surface area contributed by atoms with E-state index >= 15 is 0 Å². The normalized spacial score (nSPS) is 15.1. The van der Waals surface area contributed by atoms with E-state index in [1.54, 1.807) is 4.57 Å². The van der Waals surface area contributed by atoms with Gasteiger partial charge in [-0.25, -0.2) is 0 Å². The molecule has 0 saturated carbocycles. The molecule has 0 fully saturated rings. The number of anilines is 6. The van der Waals surface area contributed by atoms with Gasteiger partial charge in [-0.05, 0) is 223 Å². The molecule has 1 atom stereocenters. The van der Waals surface area contributed by atoms with E-state index in [1.165, 1.54) is 38.9 Å². The number of hydrogen-bond donors (Lipinski definition) is 0. The molecule has 2 aliphatic rings. The smallest absolute Gasteiger partial charge is 0.159 e. The van der Waals surface area contributed by atoms with Crippen LogP contribution >= 0.6 is 0 Å². The van der Waals surface area contributed by atoms with Crippen molar-refractivity contribution in [3.63, 3.8) is 0 Å². The number of rotatable bonds is 8. The molecule has 0 radical (unpaired) electrons. The minimum absolute atomic E-state index is 0.0110. The first-order valence-electron chi connectivity index (χ1n) is 46.0. The lowest BCUT2D eigenvalue weighted by molar-refractivity contribution is 0.568. The highest BCUT2D eigenvalue weighted by Gasteiger charge is 2.44. The van der Waals surface area contributed by atoms with Gasteiger partial charge in [-0.15, -0.1) is 0 Å². The number of hydrogen-bond acceptors (Lipinski definition) is 3. The molecule has 0 saturated heterocycles. The van der Waals surface area contributed by atoms with Crippen LogP contribution in [0.4, 0.5) is 34.1 Å². The molecule has 0 N–H and O–H groups in total.